The summed E-state index contributed by atoms with van der Waals surface area (Å²) in [5.41, 5.74) is 8.05. The second kappa shape index (κ2) is 11.1. The second-order valence-electron chi connectivity index (χ2n) is 13.3. The van der Waals surface area contributed by atoms with Crippen molar-refractivity contribution < 1.29 is 4.57 Å². The number of aromatic nitrogens is 1. The number of fused-ring (bicyclic) bond motifs is 3. The van der Waals surface area contributed by atoms with E-state index in [9.17, 15) is 0 Å². The number of aryl methyl sites for hydroxylation is 3. The van der Waals surface area contributed by atoms with Gasteiger partial charge in [0.2, 0.25) is 6.71 Å². The van der Waals surface area contributed by atoms with Gasteiger partial charge in [0.25, 0.3) is 5.82 Å². The van der Waals surface area contributed by atoms with E-state index in [-0.39, 0.29) is 23.8 Å². The highest BCUT2D eigenvalue weighted by molar-refractivity contribution is 6.83. The molecule has 0 saturated carbocycles. The Kier molecular flexibility index (Phi) is 7.56. The van der Waals surface area contributed by atoms with Crippen molar-refractivity contribution in [2.45, 2.75) is 79.4 Å². The predicted molar refractivity (Wildman–Crippen MR) is 182 cm³/mol. The van der Waals surface area contributed by atoms with Gasteiger partial charge in [0.15, 0.2) is 0 Å². The van der Waals surface area contributed by atoms with E-state index in [0.717, 1.165) is 19.3 Å². The zero-order chi connectivity index (χ0) is 30.5. The van der Waals surface area contributed by atoms with Crippen molar-refractivity contribution in [3.63, 3.8) is 0 Å². The number of anilines is 2. The highest BCUT2D eigenvalue weighted by atomic mass is 15.4. The average molecular weight is 572 g/mol. The molecule has 4 atom stereocenters. The fourth-order valence-electron chi connectivity index (χ4n) is 8.84. The first kappa shape index (κ1) is 29.4. The lowest BCUT2D eigenvalue weighted by atomic mass is 9.40. The van der Waals surface area contributed by atoms with Crippen molar-refractivity contribution in [1.82, 2.24) is 4.90 Å². The number of allylic oxidation sites excluding steroid dienone is 1. The number of hydrogen-bond acceptors (Lipinski definition) is 3. The molecule has 3 aliphatic heterocycles. The molecule has 2 aromatic carbocycles. The van der Waals surface area contributed by atoms with Crippen LogP contribution in [0.2, 0.25) is 0 Å². The molecule has 1 aromatic heterocycles. The summed E-state index contributed by atoms with van der Waals surface area (Å²) < 4.78 is 2.59. The van der Waals surface area contributed by atoms with Crippen molar-refractivity contribution in [3.05, 3.63) is 120 Å². The molecular formula is C38H48BN4+. The van der Waals surface area contributed by atoms with Crippen LogP contribution in [0.4, 0.5) is 11.5 Å². The van der Waals surface area contributed by atoms with Crippen LogP contribution < -0.4 is 19.8 Å². The monoisotopic (exact) mass is 571 g/mol. The third kappa shape index (κ3) is 4.38. The van der Waals surface area contributed by atoms with Crippen LogP contribution in [0.5, 0.6) is 0 Å². The summed E-state index contributed by atoms with van der Waals surface area (Å²) >= 11 is 0. The summed E-state index contributed by atoms with van der Waals surface area (Å²) in [6, 6.07) is 22.2. The molecule has 0 radical (unpaired) electrons. The highest BCUT2D eigenvalue weighted by Gasteiger charge is 2.63. The molecule has 4 heterocycles. The minimum atomic E-state index is -0.102. The Hall–Kier alpha value is -3.73. The van der Waals surface area contributed by atoms with Crippen LogP contribution >= 0.6 is 0 Å². The van der Waals surface area contributed by atoms with Gasteiger partial charge in [-0.3, -0.25) is 0 Å². The standard InChI is InChI=1S/C38H48BN4/c1-9-37(7)38(10-2,31(6)26-35-40(8)24-25-41(35)32-19-12-11-16-28(32)3)33-27-39(36-29(4)17-15-18-30(36)5)21-23-42(33)34-20-13-14-22-43(34)37/h11-25,27,31,35H,9-10,26H2,1-8H3/q+1. The van der Waals surface area contributed by atoms with Crippen molar-refractivity contribution in [1.29, 1.82) is 0 Å². The molecule has 0 saturated heterocycles. The number of para-hydroxylation sites is 1. The molecule has 4 unspecified atom stereocenters. The lowest BCUT2D eigenvalue weighted by molar-refractivity contribution is -0.771. The van der Waals surface area contributed by atoms with Gasteiger partial charge in [-0.25, -0.2) is 9.47 Å². The van der Waals surface area contributed by atoms with E-state index in [1.807, 2.05) is 0 Å². The molecular weight excluding hydrogens is 523 g/mol. The van der Waals surface area contributed by atoms with E-state index in [1.165, 1.54) is 39.4 Å². The van der Waals surface area contributed by atoms with E-state index in [1.54, 1.807) is 0 Å². The summed E-state index contributed by atoms with van der Waals surface area (Å²) in [6.07, 6.45) is 12.6. The molecule has 222 valence electrons. The zero-order valence-corrected chi connectivity index (χ0v) is 27.4. The number of pyridine rings is 1. The van der Waals surface area contributed by atoms with Gasteiger partial charge < -0.3 is 9.80 Å². The minimum absolute atomic E-state index is 0.0960. The largest absolute Gasteiger partial charge is 0.359 e. The number of benzene rings is 2. The van der Waals surface area contributed by atoms with Gasteiger partial charge in [0.05, 0.1) is 17.8 Å². The van der Waals surface area contributed by atoms with E-state index >= 15 is 0 Å². The average Bonchev–Trinajstić information content (AvgIpc) is 3.37. The Bertz CT molecular complexity index is 1590. The quantitative estimate of drug-likeness (QED) is 0.217. The highest BCUT2D eigenvalue weighted by Crippen LogP contribution is 2.57. The van der Waals surface area contributed by atoms with E-state index in [2.05, 4.69) is 172 Å². The van der Waals surface area contributed by atoms with Gasteiger partial charge in [-0.1, -0.05) is 91.8 Å². The first-order valence-corrected chi connectivity index (χ1v) is 16.2. The predicted octanol–water partition coefficient (Wildman–Crippen LogP) is 7.41. The summed E-state index contributed by atoms with van der Waals surface area (Å²) in [5, 5.41) is 0. The Morgan fingerprint density at radius 3 is 2.26 bits per heavy atom. The second-order valence-corrected chi connectivity index (χ2v) is 13.3. The molecule has 4 nitrogen and oxygen atoms in total. The van der Waals surface area contributed by atoms with Crippen molar-refractivity contribution in [2.24, 2.45) is 11.3 Å². The Labute approximate surface area is 260 Å². The summed E-state index contributed by atoms with van der Waals surface area (Å²) in [5.74, 6) is 6.67. The van der Waals surface area contributed by atoms with Gasteiger partial charge in [0.1, 0.15) is 17.4 Å². The van der Waals surface area contributed by atoms with E-state index in [0.29, 0.717) is 5.92 Å². The van der Waals surface area contributed by atoms with Crippen LogP contribution in [0.3, 0.4) is 0 Å². The third-order valence-corrected chi connectivity index (χ3v) is 11.2. The van der Waals surface area contributed by atoms with E-state index < -0.39 is 0 Å². The van der Waals surface area contributed by atoms with Crippen molar-refractivity contribution in [3.8, 4) is 0 Å². The van der Waals surface area contributed by atoms with Gasteiger partial charge in [-0.2, -0.15) is 0 Å². The Morgan fingerprint density at radius 2 is 1.56 bits per heavy atom. The minimum Gasteiger partial charge on any atom is -0.359 e. The van der Waals surface area contributed by atoms with Gasteiger partial charge >= 0.3 is 0 Å². The first-order valence-electron chi connectivity index (χ1n) is 16.2. The summed E-state index contributed by atoms with van der Waals surface area (Å²) in [4.78, 5) is 7.41. The number of hydrogen-bond donors (Lipinski definition) is 0. The van der Waals surface area contributed by atoms with Gasteiger partial charge in [0, 0.05) is 31.2 Å². The molecule has 3 aromatic rings. The molecule has 0 amide bonds. The summed E-state index contributed by atoms with van der Waals surface area (Å²) in [7, 11) is 2.24. The fourth-order valence-corrected chi connectivity index (χ4v) is 8.84. The molecule has 0 spiro atoms. The molecule has 5 heteroatoms. The Balaban J connectivity index is 1.51. The van der Waals surface area contributed by atoms with Crippen LogP contribution in [0, 0.1) is 32.1 Å². The van der Waals surface area contributed by atoms with Crippen LogP contribution in [0.1, 0.15) is 63.6 Å². The van der Waals surface area contributed by atoms with Crippen LogP contribution in [0.15, 0.2) is 103 Å². The topological polar surface area (TPSA) is 13.6 Å². The maximum Gasteiger partial charge on any atom is 0.286 e. The van der Waals surface area contributed by atoms with Crippen molar-refractivity contribution >= 4 is 23.7 Å². The molecule has 0 fully saturated rings. The van der Waals surface area contributed by atoms with Crippen molar-refractivity contribution in [2.75, 3.05) is 16.8 Å². The molecule has 0 aliphatic carbocycles. The summed E-state index contributed by atoms with van der Waals surface area (Å²) in [6.45, 7) is 16.9. The molecule has 43 heavy (non-hydrogen) atoms. The van der Waals surface area contributed by atoms with Crippen LogP contribution in [0.25, 0.3) is 0 Å². The molecule has 0 bridgehead atoms. The molecule has 3 aliphatic rings. The van der Waals surface area contributed by atoms with Gasteiger partial charge in [-0.05, 0) is 70.6 Å². The number of rotatable bonds is 7. The normalized spacial score (nSPS) is 25.1. The van der Waals surface area contributed by atoms with Crippen LogP contribution in [-0.2, 0) is 5.54 Å². The van der Waals surface area contributed by atoms with Gasteiger partial charge in [-0.15, -0.1) is 0 Å². The molecule has 0 N–H and O–H groups in total. The SMILES string of the molecule is CCC1(C(C)CC2N(C)C=CN2c2ccccc2C)C2=CB(c3c(C)cccc3C)C=CN2c2cccc[n+]2C1(C)CC. The lowest BCUT2D eigenvalue weighted by Crippen LogP contribution is -2.72. The first-order chi connectivity index (χ1) is 20.7. The lowest BCUT2D eigenvalue weighted by Gasteiger charge is -2.56. The number of nitrogens with zero attached hydrogens (tertiary/aromatic N) is 4. The molecule has 6 rings (SSSR count). The third-order valence-electron chi connectivity index (χ3n) is 11.2. The van der Waals surface area contributed by atoms with E-state index in [4.69, 9.17) is 0 Å². The smallest absolute Gasteiger partial charge is 0.286 e. The fraction of sp³-hybridized carbons (Fsp3) is 0.395. The van der Waals surface area contributed by atoms with Crippen LogP contribution in [-0.4, -0.2) is 24.8 Å². The Morgan fingerprint density at radius 1 is 0.860 bits per heavy atom. The maximum atomic E-state index is 2.62. The zero-order valence-electron chi connectivity index (χ0n) is 27.4. The maximum absolute atomic E-state index is 2.62.